The zero-order valence-corrected chi connectivity index (χ0v) is 11.7. The molecule has 0 aliphatic carbocycles. The fourth-order valence-electron chi connectivity index (χ4n) is 1.78. The van der Waals surface area contributed by atoms with Crippen LogP contribution in [0.3, 0.4) is 0 Å². The number of morpholine rings is 1. The smallest absolute Gasteiger partial charge is 0.250 e. The third kappa shape index (κ3) is 4.70. The number of nitrogens with one attached hydrogen (secondary N) is 2. The quantitative estimate of drug-likeness (QED) is 0.856. The minimum absolute atomic E-state index is 0. The second-order valence-corrected chi connectivity index (χ2v) is 4.13. The summed E-state index contributed by atoms with van der Waals surface area (Å²) in [7, 11) is 1.63. The Balaban J connectivity index is 0.00000180. The first-order valence-electron chi connectivity index (χ1n) is 6.02. The van der Waals surface area contributed by atoms with Crippen molar-refractivity contribution in [2.75, 3.05) is 26.8 Å². The third-order valence-corrected chi connectivity index (χ3v) is 2.85. The molecule has 0 bridgehead atoms. The Morgan fingerprint density at radius 2 is 2.21 bits per heavy atom. The predicted octanol–water partition coefficient (Wildman–Crippen LogP) is 0.722. The van der Waals surface area contributed by atoms with Crippen LogP contribution < -0.4 is 15.4 Å². The van der Waals surface area contributed by atoms with Gasteiger partial charge in [0, 0.05) is 19.6 Å². The molecule has 6 heteroatoms. The zero-order valence-electron chi connectivity index (χ0n) is 10.8. The van der Waals surface area contributed by atoms with Crippen molar-refractivity contribution in [2.45, 2.75) is 12.6 Å². The molecule has 5 nitrogen and oxygen atoms in total. The Kier molecular flexibility index (Phi) is 6.62. The summed E-state index contributed by atoms with van der Waals surface area (Å²) >= 11 is 0. The summed E-state index contributed by atoms with van der Waals surface area (Å²) in [6, 6.07) is 7.61. The van der Waals surface area contributed by atoms with E-state index in [9.17, 15) is 4.79 Å². The second kappa shape index (κ2) is 7.99. The molecule has 1 heterocycles. The van der Waals surface area contributed by atoms with E-state index in [1.54, 1.807) is 7.11 Å². The Morgan fingerprint density at radius 1 is 1.47 bits per heavy atom. The molecule has 1 aliphatic heterocycles. The highest BCUT2D eigenvalue weighted by molar-refractivity contribution is 5.85. The first kappa shape index (κ1) is 15.8. The largest absolute Gasteiger partial charge is 0.497 e. The molecule has 106 valence electrons. The first-order chi connectivity index (χ1) is 8.79. The lowest BCUT2D eigenvalue weighted by atomic mass is 10.2. The van der Waals surface area contributed by atoms with Gasteiger partial charge < -0.3 is 20.1 Å². The van der Waals surface area contributed by atoms with Crippen LogP contribution in [0.15, 0.2) is 24.3 Å². The van der Waals surface area contributed by atoms with Gasteiger partial charge in [0.1, 0.15) is 11.9 Å². The number of hydrogen-bond acceptors (Lipinski definition) is 4. The van der Waals surface area contributed by atoms with Crippen molar-refractivity contribution in [3.8, 4) is 5.75 Å². The molecule has 0 aromatic heterocycles. The SMILES string of the molecule is COc1ccc(CNC(=O)C2CNCCO2)cc1.Cl. The van der Waals surface area contributed by atoms with E-state index >= 15 is 0 Å². The van der Waals surface area contributed by atoms with Crippen LogP contribution in [-0.2, 0) is 16.1 Å². The number of rotatable bonds is 4. The predicted molar refractivity (Wildman–Crippen MR) is 74.7 cm³/mol. The van der Waals surface area contributed by atoms with Crippen LogP contribution in [0.1, 0.15) is 5.56 Å². The molecule has 1 fully saturated rings. The molecule has 0 spiro atoms. The van der Waals surface area contributed by atoms with Gasteiger partial charge in [0.25, 0.3) is 5.91 Å². The number of benzene rings is 1. The summed E-state index contributed by atoms with van der Waals surface area (Å²) in [4.78, 5) is 11.8. The van der Waals surface area contributed by atoms with Crippen molar-refractivity contribution in [1.82, 2.24) is 10.6 Å². The van der Waals surface area contributed by atoms with Crippen molar-refractivity contribution >= 4 is 18.3 Å². The number of methoxy groups -OCH3 is 1. The van der Waals surface area contributed by atoms with Gasteiger partial charge in [-0.05, 0) is 17.7 Å². The molecule has 0 radical (unpaired) electrons. The van der Waals surface area contributed by atoms with Gasteiger partial charge >= 0.3 is 0 Å². The number of hydrogen-bond donors (Lipinski definition) is 2. The van der Waals surface area contributed by atoms with Gasteiger partial charge in [0.2, 0.25) is 0 Å². The number of amides is 1. The lowest BCUT2D eigenvalue weighted by Crippen LogP contribution is -2.47. The van der Waals surface area contributed by atoms with Gasteiger partial charge in [-0.1, -0.05) is 12.1 Å². The summed E-state index contributed by atoms with van der Waals surface area (Å²) in [5.74, 6) is 0.739. The maximum absolute atomic E-state index is 11.8. The molecule has 1 amide bonds. The maximum atomic E-state index is 11.8. The van der Waals surface area contributed by atoms with Gasteiger partial charge in [-0.25, -0.2) is 0 Å². The Bertz CT molecular complexity index is 391. The zero-order chi connectivity index (χ0) is 12.8. The third-order valence-electron chi connectivity index (χ3n) is 2.85. The average Bonchev–Trinajstić information content (AvgIpc) is 2.46. The molecule has 19 heavy (non-hydrogen) atoms. The van der Waals surface area contributed by atoms with Crippen molar-refractivity contribution in [3.05, 3.63) is 29.8 Å². The summed E-state index contributed by atoms with van der Waals surface area (Å²) in [6.45, 7) is 2.47. The van der Waals surface area contributed by atoms with Gasteiger partial charge in [-0.15, -0.1) is 12.4 Å². The van der Waals surface area contributed by atoms with Crippen LogP contribution >= 0.6 is 12.4 Å². The monoisotopic (exact) mass is 286 g/mol. The van der Waals surface area contributed by atoms with E-state index in [0.29, 0.717) is 19.7 Å². The minimum atomic E-state index is -0.378. The Hall–Kier alpha value is -1.30. The Morgan fingerprint density at radius 3 is 2.79 bits per heavy atom. The highest BCUT2D eigenvalue weighted by Gasteiger charge is 2.20. The standard InChI is InChI=1S/C13H18N2O3.ClH/c1-17-11-4-2-10(3-5-11)8-15-13(16)12-9-14-6-7-18-12;/h2-5,12,14H,6-9H2,1H3,(H,15,16);1H. The number of carbonyl (C=O) groups excluding carboxylic acids is 1. The van der Waals surface area contributed by atoms with E-state index in [1.807, 2.05) is 24.3 Å². The molecule has 1 aliphatic rings. The van der Waals surface area contributed by atoms with E-state index in [-0.39, 0.29) is 24.4 Å². The maximum Gasteiger partial charge on any atom is 0.250 e. The highest BCUT2D eigenvalue weighted by atomic mass is 35.5. The van der Waals surface area contributed by atoms with Crippen LogP contribution in [-0.4, -0.2) is 38.8 Å². The van der Waals surface area contributed by atoms with Crippen molar-refractivity contribution in [1.29, 1.82) is 0 Å². The van der Waals surface area contributed by atoms with Crippen molar-refractivity contribution < 1.29 is 14.3 Å². The van der Waals surface area contributed by atoms with Crippen LogP contribution in [0.4, 0.5) is 0 Å². The van der Waals surface area contributed by atoms with Crippen LogP contribution in [0, 0.1) is 0 Å². The van der Waals surface area contributed by atoms with Crippen molar-refractivity contribution in [2.24, 2.45) is 0 Å². The molecular formula is C13H19ClN2O3. The molecule has 0 saturated carbocycles. The molecule has 2 N–H and O–H groups in total. The molecule has 1 aromatic rings. The average molecular weight is 287 g/mol. The van der Waals surface area contributed by atoms with Crippen LogP contribution in [0.25, 0.3) is 0 Å². The summed E-state index contributed by atoms with van der Waals surface area (Å²) in [5.41, 5.74) is 1.04. The summed E-state index contributed by atoms with van der Waals surface area (Å²) < 4.78 is 10.4. The number of carbonyl (C=O) groups is 1. The molecule has 1 unspecified atom stereocenters. The van der Waals surface area contributed by atoms with Gasteiger partial charge in [-0.2, -0.15) is 0 Å². The molecule has 1 aromatic carbocycles. The minimum Gasteiger partial charge on any atom is -0.497 e. The number of halogens is 1. The van der Waals surface area contributed by atoms with E-state index in [1.165, 1.54) is 0 Å². The van der Waals surface area contributed by atoms with Gasteiger partial charge in [0.15, 0.2) is 0 Å². The van der Waals surface area contributed by atoms with E-state index in [0.717, 1.165) is 17.9 Å². The van der Waals surface area contributed by atoms with E-state index in [4.69, 9.17) is 9.47 Å². The van der Waals surface area contributed by atoms with Crippen LogP contribution in [0.5, 0.6) is 5.75 Å². The summed E-state index contributed by atoms with van der Waals surface area (Å²) in [6.07, 6.45) is -0.378. The fraction of sp³-hybridized carbons (Fsp3) is 0.462. The van der Waals surface area contributed by atoms with E-state index in [2.05, 4.69) is 10.6 Å². The normalized spacial score (nSPS) is 18.3. The van der Waals surface area contributed by atoms with E-state index < -0.39 is 0 Å². The lowest BCUT2D eigenvalue weighted by molar-refractivity contribution is -0.134. The van der Waals surface area contributed by atoms with Crippen LogP contribution in [0.2, 0.25) is 0 Å². The molecule has 1 saturated heterocycles. The molecular weight excluding hydrogens is 268 g/mol. The van der Waals surface area contributed by atoms with Gasteiger partial charge in [-0.3, -0.25) is 4.79 Å². The van der Waals surface area contributed by atoms with Crippen molar-refractivity contribution in [3.63, 3.8) is 0 Å². The Labute approximate surface area is 119 Å². The highest BCUT2D eigenvalue weighted by Crippen LogP contribution is 2.11. The lowest BCUT2D eigenvalue weighted by Gasteiger charge is -2.22. The number of ether oxygens (including phenoxy) is 2. The molecule has 2 rings (SSSR count). The van der Waals surface area contributed by atoms with Gasteiger partial charge in [0.05, 0.1) is 13.7 Å². The summed E-state index contributed by atoms with van der Waals surface area (Å²) in [5, 5.41) is 5.99. The second-order valence-electron chi connectivity index (χ2n) is 4.13. The topological polar surface area (TPSA) is 59.6 Å². The molecule has 1 atom stereocenters. The first-order valence-corrected chi connectivity index (χ1v) is 6.02. The fourth-order valence-corrected chi connectivity index (χ4v) is 1.78.